The van der Waals surface area contributed by atoms with Crippen molar-refractivity contribution >= 4 is 5.69 Å². The maximum atomic E-state index is 9.07. The van der Waals surface area contributed by atoms with E-state index in [9.17, 15) is 0 Å². The lowest BCUT2D eigenvalue weighted by atomic mass is 10.1. The number of nitrogens with zero attached hydrogens (tertiary/aromatic N) is 1. The molecule has 1 saturated heterocycles. The molecule has 3 nitrogen and oxygen atoms in total. The van der Waals surface area contributed by atoms with Crippen molar-refractivity contribution in [3.05, 3.63) is 29.3 Å². The molecule has 0 unspecified atom stereocenters. The number of ether oxygens (including phenoxy) is 1. The molecule has 0 radical (unpaired) electrons. The van der Waals surface area contributed by atoms with Crippen LogP contribution in [0.2, 0.25) is 0 Å². The van der Waals surface area contributed by atoms with Crippen LogP contribution in [0.4, 0.5) is 5.69 Å². The zero-order valence-corrected chi connectivity index (χ0v) is 9.78. The number of anilines is 1. The molecule has 88 valence electrons. The van der Waals surface area contributed by atoms with Gasteiger partial charge in [0.2, 0.25) is 0 Å². The lowest BCUT2D eigenvalue weighted by Crippen LogP contribution is -2.36. The third-order valence-electron chi connectivity index (χ3n) is 2.97. The highest BCUT2D eigenvalue weighted by atomic mass is 16.5. The average molecular weight is 221 g/mol. The molecule has 1 N–H and O–H groups in total. The molecular weight excluding hydrogens is 202 g/mol. The van der Waals surface area contributed by atoms with Gasteiger partial charge in [-0.1, -0.05) is 12.1 Å². The van der Waals surface area contributed by atoms with E-state index in [-0.39, 0.29) is 6.61 Å². The minimum absolute atomic E-state index is 0.209. The molecule has 0 aliphatic carbocycles. The molecule has 16 heavy (non-hydrogen) atoms. The van der Waals surface area contributed by atoms with Crippen molar-refractivity contribution in [1.82, 2.24) is 0 Å². The Morgan fingerprint density at radius 3 is 2.75 bits per heavy atom. The first kappa shape index (κ1) is 11.4. The molecule has 0 atom stereocenters. The van der Waals surface area contributed by atoms with E-state index in [4.69, 9.17) is 9.84 Å². The highest BCUT2D eigenvalue weighted by Gasteiger charge is 2.14. The summed E-state index contributed by atoms with van der Waals surface area (Å²) in [5, 5.41) is 9.07. The van der Waals surface area contributed by atoms with Gasteiger partial charge in [0.1, 0.15) is 0 Å². The van der Waals surface area contributed by atoms with Crippen LogP contribution in [0.1, 0.15) is 11.1 Å². The molecular formula is C13H19NO2. The summed E-state index contributed by atoms with van der Waals surface area (Å²) in [5.41, 5.74) is 3.76. The van der Waals surface area contributed by atoms with Crippen LogP contribution >= 0.6 is 0 Å². The van der Waals surface area contributed by atoms with Gasteiger partial charge < -0.3 is 14.7 Å². The van der Waals surface area contributed by atoms with Crippen molar-refractivity contribution in [2.75, 3.05) is 37.8 Å². The third-order valence-corrected chi connectivity index (χ3v) is 2.97. The van der Waals surface area contributed by atoms with Crippen LogP contribution in [0.3, 0.4) is 0 Å². The Hall–Kier alpha value is -1.06. The normalized spacial score (nSPS) is 16.5. The quantitative estimate of drug-likeness (QED) is 0.836. The topological polar surface area (TPSA) is 32.7 Å². The van der Waals surface area contributed by atoms with Crippen LogP contribution < -0.4 is 4.90 Å². The van der Waals surface area contributed by atoms with Crippen molar-refractivity contribution < 1.29 is 9.84 Å². The molecule has 0 spiro atoms. The fourth-order valence-corrected chi connectivity index (χ4v) is 2.10. The second kappa shape index (κ2) is 5.32. The van der Waals surface area contributed by atoms with Crippen LogP contribution in [-0.2, 0) is 11.2 Å². The minimum Gasteiger partial charge on any atom is -0.396 e. The van der Waals surface area contributed by atoms with Crippen LogP contribution in [0.25, 0.3) is 0 Å². The lowest BCUT2D eigenvalue weighted by molar-refractivity contribution is 0.122. The van der Waals surface area contributed by atoms with E-state index in [0.717, 1.165) is 32.7 Å². The molecule has 1 heterocycles. The summed E-state index contributed by atoms with van der Waals surface area (Å²) in [4.78, 5) is 2.35. The second-order valence-corrected chi connectivity index (χ2v) is 4.21. The summed E-state index contributed by atoms with van der Waals surface area (Å²) in [6.07, 6.45) is 0.729. The number of aliphatic hydroxyl groups is 1. The van der Waals surface area contributed by atoms with Crippen LogP contribution in [0, 0.1) is 6.92 Å². The first-order chi connectivity index (χ1) is 7.81. The van der Waals surface area contributed by atoms with Gasteiger partial charge in [-0.3, -0.25) is 0 Å². The van der Waals surface area contributed by atoms with Gasteiger partial charge in [-0.2, -0.15) is 0 Å². The largest absolute Gasteiger partial charge is 0.396 e. The summed E-state index contributed by atoms with van der Waals surface area (Å²) < 4.78 is 5.36. The Bertz CT molecular complexity index is 346. The molecule has 1 aliphatic rings. The second-order valence-electron chi connectivity index (χ2n) is 4.21. The Labute approximate surface area is 96.6 Å². The predicted molar refractivity (Wildman–Crippen MR) is 65.0 cm³/mol. The summed E-state index contributed by atoms with van der Waals surface area (Å²) in [7, 11) is 0. The van der Waals surface area contributed by atoms with E-state index in [1.165, 1.54) is 16.8 Å². The lowest BCUT2D eigenvalue weighted by Gasteiger charge is -2.31. The predicted octanol–water partition coefficient (Wildman–Crippen LogP) is 1.37. The molecule has 1 fully saturated rings. The first-order valence-electron chi connectivity index (χ1n) is 5.84. The Kier molecular flexibility index (Phi) is 3.80. The van der Waals surface area contributed by atoms with Gasteiger partial charge in [0.05, 0.1) is 13.2 Å². The molecule has 3 heteroatoms. The molecule has 0 bridgehead atoms. The standard InChI is InChI=1S/C13H19NO2/c1-11-2-3-12(4-7-15)13(10-11)14-5-8-16-9-6-14/h2-3,10,15H,4-9H2,1H3. The van der Waals surface area contributed by atoms with Crippen molar-refractivity contribution in [3.8, 4) is 0 Å². The SMILES string of the molecule is Cc1ccc(CCO)c(N2CCOCC2)c1. The first-order valence-corrected chi connectivity index (χ1v) is 5.84. The third kappa shape index (κ3) is 2.54. The zero-order chi connectivity index (χ0) is 11.4. The van der Waals surface area contributed by atoms with Gasteiger partial charge in [-0.05, 0) is 30.5 Å². The molecule has 0 saturated carbocycles. The van der Waals surface area contributed by atoms with E-state index < -0.39 is 0 Å². The molecule has 1 aromatic carbocycles. The number of aryl methyl sites for hydroxylation is 1. The van der Waals surface area contributed by atoms with Crippen molar-refractivity contribution in [1.29, 1.82) is 0 Å². The smallest absolute Gasteiger partial charge is 0.0642 e. The maximum absolute atomic E-state index is 9.07. The molecule has 1 aromatic rings. The Morgan fingerprint density at radius 1 is 1.31 bits per heavy atom. The van der Waals surface area contributed by atoms with Crippen molar-refractivity contribution in [2.45, 2.75) is 13.3 Å². The number of hydrogen-bond acceptors (Lipinski definition) is 3. The van der Waals surface area contributed by atoms with Gasteiger partial charge in [0.25, 0.3) is 0 Å². The van der Waals surface area contributed by atoms with Gasteiger partial charge >= 0.3 is 0 Å². The van der Waals surface area contributed by atoms with Gasteiger partial charge in [-0.15, -0.1) is 0 Å². The molecule has 2 rings (SSSR count). The van der Waals surface area contributed by atoms with Crippen LogP contribution in [-0.4, -0.2) is 38.0 Å². The average Bonchev–Trinajstić information content (AvgIpc) is 2.33. The highest BCUT2D eigenvalue weighted by Crippen LogP contribution is 2.23. The number of aliphatic hydroxyl groups excluding tert-OH is 1. The zero-order valence-electron chi connectivity index (χ0n) is 9.78. The van der Waals surface area contributed by atoms with Gasteiger partial charge in [-0.25, -0.2) is 0 Å². The minimum atomic E-state index is 0.209. The van der Waals surface area contributed by atoms with E-state index in [1.54, 1.807) is 0 Å². The Morgan fingerprint density at radius 2 is 2.06 bits per heavy atom. The fraction of sp³-hybridized carbons (Fsp3) is 0.538. The number of hydrogen-bond donors (Lipinski definition) is 1. The molecule has 0 aromatic heterocycles. The van der Waals surface area contributed by atoms with Crippen LogP contribution in [0.15, 0.2) is 18.2 Å². The fourth-order valence-electron chi connectivity index (χ4n) is 2.10. The summed E-state index contributed by atoms with van der Waals surface area (Å²) >= 11 is 0. The number of rotatable bonds is 3. The summed E-state index contributed by atoms with van der Waals surface area (Å²) in [6, 6.07) is 6.43. The van der Waals surface area contributed by atoms with E-state index in [2.05, 4.69) is 30.0 Å². The number of morpholine rings is 1. The maximum Gasteiger partial charge on any atom is 0.0642 e. The van der Waals surface area contributed by atoms with Gasteiger partial charge in [0, 0.05) is 25.4 Å². The highest BCUT2D eigenvalue weighted by molar-refractivity contribution is 5.55. The van der Waals surface area contributed by atoms with Crippen molar-refractivity contribution in [2.24, 2.45) is 0 Å². The molecule has 0 amide bonds. The van der Waals surface area contributed by atoms with Gasteiger partial charge in [0.15, 0.2) is 0 Å². The van der Waals surface area contributed by atoms with Crippen LogP contribution in [0.5, 0.6) is 0 Å². The van der Waals surface area contributed by atoms with E-state index in [0.29, 0.717) is 0 Å². The van der Waals surface area contributed by atoms with E-state index >= 15 is 0 Å². The molecule has 1 aliphatic heterocycles. The van der Waals surface area contributed by atoms with Crippen molar-refractivity contribution in [3.63, 3.8) is 0 Å². The summed E-state index contributed by atoms with van der Waals surface area (Å²) in [5.74, 6) is 0. The summed E-state index contributed by atoms with van der Waals surface area (Å²) in [6.45, 7) is 5.80. The monoisotopic (exact) mass is 221 g/mol. The van der Waals surface area contributed by atoms with E-state index in [1.807, 2.05) is 0 Å². The number of benzene rings is 1. The Balaban J connectivity index is 2.24.